The first-order chi connectivity index (χ1) is 7.74. The van der Waals surface area contributed by atoms with Crippen molar-refractivity contribution < 1.29 is 9.13 Å². The summed E-state index contributed by atoms with van der Waals surface area (Å²) in [7, 11) is 0. The van der Waals surface area contributed by atoms with E-state index in [2.05, 4.69) is 19.2 Å². The number of anilines is 1. The predicted molar refractivity (Wildman–Crippen MR) is 63.4 cm³/mol. The number of nitrogens with one attached hydrogen (secondary N) is 1. The fourth-order valence-electron chi connectivity index (χ4n) is 2.17. The molecule has 2 atom stereocenters. The van der Waals surface area contributed by atoms with Crippen LogP contribution in [0.4, 0.5) is 10.1 Å². The third-order valence-corrected chi connectivity index (χ3v) is 3.02. The van der Waals surface area contributed by atoms with Gasteiger partial charge in [-0.05, 0) is 25.0 Å². The Hall–Kier alpha value is -1.25. The van der Waals surface area contributed by atoms with Gasteiger partial charge in [-0.2, -0.15) is 0 Å². The zero-order chi connectivity index (χ0) is 11.5. The molecule has 0 aromatic heterocycles. The topological polar surface area (TPSA) is 21.3 Å². The van der Waals surface area contributed by atoms with Gasteiger partial charge in [-0.25, -0.2) is 4.39 Å². The zero-order valence-corrected chi connectivity index (χ0v) is 9.79. The first kappa shape index (κ1) is 11.2. The molecular weight excluding hydrogens is 205 g/mol. The molecule has 0 bridgehead atoms. The van der Waals surface area contributed by atoms with E-state index in [-0.39, 0.29) is 18.0 Å². The lowest BCUT2D eigenvalue weighted by atomic mass is 10.0. The first-order valence-corrected chi connectivity index (χ1v) is 5.97. The van der Waals surface area contributed by atoms with Crippen molar-refractivity contribution >= 4 is 5.69 Å². The van der Waals surface area contributed by atoms with Gasteiger partial charge in [0, 0.05) is 6.07 Å². The van der Waals surface area contributed by atoms with Crippen LogP contribution in [0.5, 0.6) is 5.75 Å². The molecule has 2 rings (SSSR count). The highest BCUT2D eigenvalue weighted by Gasteiger charge is 2.27. The number of fused-ring (bicyclic) bond motifs is 1. The Labute approximate surface area is 95.8 Å². The minimum absolute atomic E-state index is 0.202. The number of rotatable bonds is 3. The Morgan fingerprint density at radius 2 is 2.19 bits per heavy atom. The Bertz CT molecular complexity index is 367. The second kappa shape index (κ2) is 4.73. The van der Waals surface area contributed by atoms with E-state index in [1.807, 2.05) is 0 Å². The van der Waals surface area contributed by atoms with Crippen molar-refractivity contribution in [1.82, 2.24) is 0 Å². The Kier molecular flexibility index (Phi) is 3.32. The molecule has 16 heavy (non-hydrogen) atoms. The number of hydrogen-bond acceptors (Lipinski definition) is 2. The predicted octanol–water partition coefficient (Wildman–Crippen LogP) is 3.58. The van der Waals surface area contributed by atoms with E-state index in [1.54, 1.807) is 6.07 Å². The number of hydrogen-bond donors (Lipinski definition) is 1. The van der Waals surface area contributed by atoms with Crippen molar-refractivity contribution in [3.05, 3.63) is 24.0 Å². The van der Waals surface area contributed by atoms with Gasteiger partial charge in [0.2, 0.25) is 0 Å². The zero-order valence-electron chi connectivity index (χ0n) is 9.79. The lowest BCUT2D eigenvalue weighted by Crippen LogP contribution is -2.40. The fraction of sp³-hybridized carbons (Fsp3) is 0.538. The van der Waals surface area contributed by atoms with Gasteiger partial charge in [0.1, 0.15) is 17.7 Å². The number of benzene rings is 1. The van der Waals surface area contributed by atoms with Gasteiger partial charge in [-0.1, -0.05) is 20.3 Å². The lowest BCUT2D eigenvalue weighted by molar-refractivity contribution is 0.155. The maximum Gasteiger partial charge on any atom is 0.143 e. The van der Waals surface area contributed by atoms with Gasteiger partial charge in [0.15, 0.2) is 0 Å². The Morgan fingerprint density at radius 1 is 1.38 bits per heavy atom. The van der Waals surface area contributed by atoms with Crippen LogP contribution in [0.1, 0.15) is 33.1 Å². The minimum atomic E-state index is -0.223. The van der Waals surface area contributed by atoms with Crippen LogP contribution in [0, 0.1) is 5.82 Å². The Balaban J connectivity index is 2.23. The van der Waals surface area contributed by atoms with Crippen molar-refractivity contribution in [2.75, 3.05) is 5.32 Å². The monoisotopic (exact) mass is 223 g/mol. The summed E-state index contributed by atoms with van der Waals surface area (Å²) in [5, 5.41) is 3.36. The largest absolute Gasteiger partial charge is 0.486 e. The quantitative estimate of drug-likeness (QED) is 0.845. The summed E-state index contributed by atoms with van der Waals surface area (Å²) in [6, 6.07) is 4.93. The molecule has 3 heteroatoms. The molecule has 0 spiro atoms. The third kappa shape index (κ3) is 2.13. The molecule has 0 saturated carbocycles. The molecule has 1 aromatic rings. The van der Waals surface area contributed by atoms with Crippen LogP contribution >= 0.6 is 0 Å². The van der Waals surface area contributed by atoms with Gasteiger partial charge in [-0.3, -0.25) is 0 Å². The molecule has 1 aliphatic rings. The molecule has 1 aromatic carbocycles. The average Bonchev–Trinajstić information content (AvgIpc) is 2.29. The van der Waals surface area contributed by atoms with Crippen LogP contribution in [-0.4, -0.2) is 12.1 Å². The fourth-order valence-corrected chi connectivity index (χ4v) is 2.17. The summed E-state index contributed by atoms with van der Waals surface area (Å²) >= 11 is 0. The molecule has 1 N–H and O–H groups in total. The molecule has 0 amide bonds. The molecule has 2 unspecified atom stereocenters. The van der Waals surface area contributed by atoms with Crippen molar-refractivity contribution in [1.29, 1.82) is 0 Å². The highest BCUT2D eigenvalue weighted by molar-refractivity contribution is 5.58. The van der Waals surface area contributed by atoms with E-state index < -0.39 is 0 Å². The smallest absolute Gasteiger partial charge is 0.143 e. The van der Waals surface area contributed by atoms with Gasteiger partial charge in [-0.15, -0.1) is 0 Å². The van der Waals surface area contributed by atoms with Gasteiger partial charge in [0.25, 0.3) is 0 Å². The standard InChI is InChI=1S/C13H18FNO/c1-3-5-12-10(4-2)15-11-8-9(14)6-7-13(11)16-12/h6-8,10,12,15H,3-5H2,1-2H3. The highest BCUT2D eigenvalue weighted by atomic mass is 19.1. The summed E-state index contributed by atoms with van der Waals surface area (Å²) in [6.45, 7) is 4.27. The van der Waals surface area contributed by atoms with Crippen LogP contribution in [0.3, 0.4) is 0 Å². The normalized spacial score (nSPS) is 23.2. The molecule has 1 heterocycles. The van der Waals surface area contributed by atoms with Gasteiger partial charge in [0.05, 0.1) is 11.7 Å². The molecule has 0 fully saturated rings. The maximum atomic E-state index is 13.1. The number of halogens is 1. The molecule has 0 radical (unpaired) electrons. The summed E-state index contributed by atoms with van der Waals surface area (Å²) in [5.74, 6) is 0.545. The minimum Gasteiger partial charge on any atom is -0.486 e. The highest BCUT2D eigenvalue weighted by Crippen LogP contribution is 2.33. The maximum absolute atomic E-state index is 13.1. The molecule has 88 valence electrons. The van der Waals surface area contributed by atoms with E-state index in [4.69, 9.17) is 4.74 Å². The third-order valence-electron chi connectivity index (χ3n) is 3.02. The average molecular weight is 223 g/mol. The van der Waals surface area contributed by atoms with Gasteiger partial charge < -0.3 is 10.1 Å². The van der Waals surface area contributed by atoms with E-state index in [0.29, 0.717) is 0 Å². The SMILES string of the molecule is CCCC1Oc2ccc(F)cc2NC1CC. The molecule has 1 aliphatic heterocycles. The molecule has 2 nitrogen and oxygen atoms in total. The summed E-state index contributed by atoms with van der Waals surface area (Å²) in [5.41, 5.74) is 0.777. The van der Waals surface area contributed by atoms with E-state index in [0.717, 1.165) is 30.7 Å². The van der Waals surface area contributed by atoms with Crippen molar-refractivity contribution in [3.8, 4) is 5.75 Å². The second-order valence-corrected chi connectivity index (χ2v) is 4.24. The van der Waals surface area contributed by atoms with Crippen LogP contribution in [0.25, 0.3) is 0 Å². The Morgan fingerprint density at radius 3 is 2.88 bits per heavy atom. The summed E-state index contributed by atoms with van der Waals surface area (Å²) < 4.78 is 19.0. The summed E-state index contributed by atoms with van der Waals surface area (Å²) in [6.07, 6.45) is 3.32. The van der Waals surface area contributed by atoms with Crippen molar-refractivity contribution in [3.63, 3.8) is 0 Å². The first-order valence-electron chi connectivity index (χ1n) is 5.97. The molecular formula is C13H18FNO. The summed E-state index contributed by atoms with van der Waals surface area (Å²) in [4.78, 5) is 0. The van der Waals surface area contributed by atoms with E-state index in [1.165, 1.54) is 12.1 Å². The second-order valence-electron chi connectivity index (χ2n) is 4.24. The number of ether oxygens (including phenoxy) is 1. The molecule has 0 aliphatic carbocycles. The van der Waals surface area contributed by atoms with Gasteiger partial charge >= 0.3 is 0 Å². The van der Waals surface area contributed by atoms with Crippen LogP contribution < -0.4 is 10.1 Å². The molecule has 0 saturated heterocycles. The van der Waals surface area contributed by atoms with E-state index in [9.17, 15) is 4.39 Å². The van der Waals surface area contributed by atoms with Crippen LogP contribution in [0.15, 0.2) is 18.2 Å². The lowest BCUT2D eigenvalue weighted by Gasteiger charge is -2.34. The van der Waals surface area contributed by atoms with E-state index >= 15 is 0 Å². The van der Waals surface area contributed by atoms with Crippen LogP contribution in [-0.2, 0) is 0 Å². The van der Waals surface area contributed by atoms with Crippen molar-refractivity contribution in [2.45, 2.75) is 45.3 Å². The van der Waals surface area contributed by atoms with Crippen molar-refractivity contribution in [2.24, 2.45) is 0 Å². The van der Waals surface area contributed by atoms with Crippen LogP contribution in [0.2, 0.25) is 0 Å².